The van der Waals surface area contributed by atoms with Crippen LogP contribution in [0.2, 0.25) is 0 Å². The molecular formula is C16H26FNO2. The molecule has 1 rings (SSSR count). The van der Waals surface area contributed by atoms with Crippen LogP contribution in [0.5, 0.6) is 0 Å². The molecule has 0 heterocycles. The van der Waals surface area contributed by atoms with Gasteiger partial charge >= 0.3 is 0 Å². The van der Waals surface area contributed by atoms with Crippen molar-refractivity contribution in [2.24, 2.45) is 0 Å². The van der Waals surface area contributed by atoms with Crippen molar-refractivity contribution >= 4 is 5.69 Å². The molecule has 0 fully saturated rings. The zero-order valence-electron chi connectivity index (χ0n) is 12.5. The smallest absolute Gasteiger partial charge is 0.128 e. The molecule has 0 aliphatic rings. The average Bonchev–Trinajstić information content (AvgIpc) is 2.44. The molecule has 0 aromatic heterocycles. The lowest BCUT2D eigenvalue weighted by Crippen LogP contribution is -2.25. The minimum Gasteiger partial charge on any atom is -0.389 e. The highest BCUT2D eigenvalue weighted by atomic mass is 19.1. The van der Waals surface area contributed by atoms with Crippen LogP contribution < -0.4 is 5.32 Å². The second-order valence-electron chi connectivity index (χ2n) is 5.13. The quantitative estimate of drug-likeness (QED) is 0.646. The molecule has 0 amide bonds. The van der Waals surface area contributed by atoms with E-state index >= 15 is 0 Å². The standard InChI is InChI=1S/C16H26FNO2/c1-3-4-5-6-9-20-12-15(19)11-18-14-8-7-13(2)16(17)10-14/h7-8,10,15,18-19H,3-6,9,11-12H2,1-2H3. The fraction of sp³-hybridized carbons (Fsp3) is 0.625. The van der Waals surface area contributed by atoms with Gasteiger partial charge in [-0.3, -0.25) is 0 Å². The van der Waals surface area contributed by atoms with Gasteiger partial charge in [-0.15, -0.1) is 0 Å². The summed E-state index contributed by atoms with van der Waals surface area (Å²) in [5.74, 6) is -0.239. The Kier molecular flexibility index (Phi) is 8.23. The molecule has 0 saturated heterocycles. The molecule has 0 spiro atoms. The molecule has 0 aliphatic carbocycles. The molecule has 1 aromatic rings. The first kappa shape index (κ1) is 16.9. The predicted molar refractivity (Wildman–Crippen MR) is 80.6 cm³/mol. The Labute approximate surface area is 121 Å². The highest BCUT2D eigenvalue weighted by molar-refractivity contribution is 5.45. The third kappa shape index (κ3) is 6.87. The third-order valence-electron chi connectivity index (χ3n) is 3.17. The van der Waals surface area contributed by atoms with Gasteiger partial charge in [-0.05, 0) is 31.0 Å². The summed E-state index contributed by atoms with van der Waals surface area (Å²) in [6.07, 6.45) is 4.07. The second kappa shape index (κ2) is 9.72. The fourth-order valence-electron chi connectivity index (χ4n) is 1.85. The Bertz CT molecular complexity index is 385. The highest BCUT2D eigenvalue weighted by Crippen LogP contribution is 2.13. The van der Waals surface area contributed by atoms with E-state index < -0.39 is 6.10 Å². The van der Waals surface area contributed by atoms with Gasteiger partial charge in [0.2, 0.25) is 0 Å². The van der Waals surface area contributed by atoms with E-state index in [1.165, 1.54) is 25.3 Å². The number of ether oxygens (including phenoxy) is 1. The molecule has 0 saturated carbocycles. The predicted octanol–water partition coefficient (Wildman–Crippen LogP) is 3.50. The minimum absolute atomic E-state index is 0.239. The largest absolute Gasteiger partial charge is 0.389 e. The van der Waals surface area contributed by atoms with Gasteiger partial charge in [0.15, 0.2) is 0 Å². The first-order valence-corrected chi connectivity index (χ1v) is 7.39. The highest BCUT2D eigenvalue weighted by Gasteiger charge is 2.05. The Balaban J connectivity index is 2.13. The van der Waals surface area contributed by atoms with Gasteiger partial charge in [-0.1, -0.05) is 32.3 Å². The van der Waals surface area contributed by atoms with Crippen molar-refractivity contribution in [1.29, 1.82) is 0 Å². The second-order valence-corrected chi connectivity index (χ2v) is 5.13. The molecule has 20 heavy (non-hydrogen) atoms. The van der Waals surface area contributed by atoms with Crippen LogP contribution in [0.25, 0.3) is 0 Å². The summed E-state index contributed by atoms with van der Waals surface area (Å²) in [6.45, 7) is 5.26. The van der Waals surface area contributed by atoms with E-state index in [2.05, 4.69) is 12.2 Å². The molecule has 1 unspecified atom stereocenters. The van der Waals surface area contributed by atoms with Crippen molar-refractivity contribution < 1.29 is 14.2 Å². The molecule has 3 nitrogen and oxygen atoms in total. The summed E-state index contributed by atoms with van der Waals surface area (Å²) in [5, 5.41) is 12.8. The van der Waals surface area contributed by atoms with E-state index in [4.69, 9.17) is 4.74 Å². The van der Waals surface area contributed by atoms with Gasteiger partial charge in [-0.25, -0.2) is 4.39 Å². The third-order valence-corrected chi connectivity index (χ3v) is 3.17. The van der Waals surface area contributed by atoms with Gasteiger partial charge in [0, 0.05) is 18.8 Å². The van der Waals surface area contributed by atoms with Gasteiger partial charge < -0.3 is 15.2 Å². The number of anilines is 1. The van der Waals surface area contributed by atoms with Gasteiger partial charge in [0.05, 0.1) is 12.7 Å². The molecule has 1 aromatic carbocycles. The molecule has 114 valence electrons. The van der Waals surface area contributed by atoms with Crippen LogP contribution in [0.4, 0.5) is 10.1 Å². The first-order valence-electron chi connectivity index (χ1n) is 7.39. The summed E-state index contributed by atoms with van der Waals surface area (Å²) >= 11 is 0. The maximum atomic E-state index is 13.3. The Morgan fingerprint density at radius 3 is 2.80 bits per heavy atom. The van der Waals surface area contributed by atoms with E-state index in [1.807, 2.05) is 0 Å². The van der Waals surface area contributed by atoms with E-state index in [0.29, 0.717) is 31.0 Å². The molecular weight excluding hydrogens is 257 g/mol. The maximum Gasteiger partial charge on any atom is 0.128 e. The van der Waals surface area contributed by atoms with Crippen LogP contribution in [0.15, 0.2) is 18.2 Å². The maximum absolute atomic E-state index is 13.3. The lowest BCUT2D eigenvalue weighted by atomic mass is 10.2. The van der Waals surface area contributed by atoms with E-state index in [1.54, 1.807) is 19.1 Å². The number of hydrogen-bond donors (Lipinski definition) is 2. The van der Waals surface area contributed by atoms with Crippen LogP contribution in [0.1, 0.15) is 38.2 Å². The van der Waals surface area contributed by atoms with E-state index in [9.17, 15) is 9.50 Å². The average molecular weight is 283 g/mol. The van der Waals surface area contributed by atoms with Gasteiger partial charge in [0.1, 0.15) is 5.82 Å². The van der Waals surface area contributed by atoms with E-state index in [0.717, 1.165) is 6.42 Å². The molecule has 2 N–H and O–H groups in total. The number of hydrogen-bond acceptors (Lipinski definition) is 3. The zero-order valence-corrected chi connectivity index (χ0v) is 12.5. The SMILES string of the molecule is CCCCCCOCC(O)CNc1ccc(C)c(F)c1. The van der Waals surface area contributed by atoms with Crippen LogP contribution >= 0.6 is 0 Å². The summed E-state index contributed by atoms with van der Waals surface area (Å²) in [5.41, 5.74) is 1.29. The first-order chi connectivity index (χ1) is 9.63. The summed E-state index contributed by atoms with van der Waals surface area (Å²) in [4.78, 5) is 0. The lowest BCUT2D eigenvalue weighted by molar-refractivity contribution is 0.0417. The van der Waals surface area contributed by atoms with Crippen molar-refractivity contribution in [3.63, 3.8) is 0 Å². The van der Waals surface area contributed by atoms with Crippen LogP contribution in [-0.4, -0.2) is 31.0 Å². The topological polar surface area (TPSA) is 41.5 Å². The summed E-state index contributed by atoms with van der Waals surface area (Å²) in [7, 11) is 0. The van der Waals surface area contributed by atoms with Crippen molar-refractivity contribution in [2.75, 3.05) is 25.1 Å². The van der Waals surface area contributed by atoms with Gasteiger partial charge in [-0.2, -0.15) is 0 Å². The number of benzene rings is 1. The summed E-state index contributed by atoms with van der Waals surface area (Å²) in [6, 6.07) is 4.96. The van der Waals surface area contributed by atoms with Crippen LogP contribution in [-0.2, 0) is 4.74 Å². The number of nitrogens with one attached hydrogen (secondary N) is 1. The number of aliphatic hydroxyl groups is 1. The summed E-state index contributed by atoms with van der Waals surface area (Å²) < 4.78 is 18.7. The van der Waals surface area contributed by atoms with Crippen molar-refractivity contribution in [3.8, 4) is 0 Å². The zero-order chi connectivity index (χ0) is 14.8. The van der Waals surface area contributed by atoms with Crippen LogP contribution in [0, 0.1) is 12.7 Å². The molecule has 0 radical (unpaired) electrons. The van der Waals surface area contributed by atoms with Crippen molar-refractivity contribution in [2.45, 2.75) is 45.6 Å². The van der Waals surface area contributed by atoms with Crippen LogP contribution in [0.3, 0.4) is 0 Å². The normalized spacial score (nSPS) is 12.4. The number of aliphatic hydroxyl groups excluding tert-OH is 1. The Morgan fingerprint density at radius 1 is 1.30 bits per heavy atom. The monoisotopic (exact) mass is 283 g/mol. The molecule has 1 atom stereocenters. The molecule has 0 aliphatic heterocycles. The van der Waals surface area contributed by atoms with Crippen molar-refractivity contribution in [3.05, 3.63) is 29.6 Å². The molecule has 0 bridgehead atoms. The van der Waals surface area contributed by atoms with E-state index in [-0.39, 0.29) is 5.82 Å². The lowest BCUT2D eigenvalue weighted by Gasteiger charge is -2.13. The Hall–Kier alpha value is -1.13. The number of rotatable bonds is 10. The molecule has 4 heteroatoms. The fourth-order valence-corrected chi connectivity index (χ4v) is 1.85. The number of aryl methyl sites for hydroxylation is 1. The van der Waals surface area contributed by atoms with Crippen molar-refractivity contribution in [1.82, 2.24) is 0 Å². The number of unbranched alkanes of at least 4 members (excludes halogenated alkanes) is 3. The minimum atomic E-state index is -0.578. The Morgan fingerprint density at radius 2 is 2.10 bits per heavy atom. The van der Waals surface area contributed by atoms with Gasteiger partial charge in [0.25, 0.3) is 0 Å². The number of halogens is 1.